The van der Waals surface area contributed by atoms with Gasteiger partial charge in [-0.1, -0.05) is 96.3 Å². The Kier molecular flexibility index (Phi) is 10.3. The van der Waals surface area contributed by atoms with Gasteiger partial charge in [-0.15, -0.1) is 0 Å². The maximum Gasteiger partial charge on any atom is 0.220 e. The summed E-state index contributed by atoms with van der Waals surface area (Å²) in [7, 11) is 0. The van der Waals surface area contributed by atoms with Crippen LogP contribution in [0.3, 0.4) is 0 Å². The van der Waals surface area contributed by atoms with Gasteiger partial charge < -0.3 is 28.4 Å². The molecule has 0 amide bonds. The van der Waals surface area contributed by atoms with Crippen LogP contribution < -0.4 is 9.47 Å². The molecule has 2 atom stereocenters. The number of ether oxygens (including phenoxy) is 6. The molecular weight excluding hydrogens is 669 g/mol. The second-order valence-corrected chi connectivity index (χ2v) is 14.6. The molecule has 47 heavy (non-hydrogen) atoms. The first kappa shape index (κ1) is 32.4. The lowest BCUT2D eigenvalue weighted by Gasteiger charge is -2.34. The Bertz CT molecular complexity index is 1580. The van der Waals surface area contributed by atoms with E-state index >= 15 is 0 Å². The maximum atomic E-state index is 6.05. The van der Waals surface area contributed by atoms with Gasteiger partial charge in [-0.25, -0.2) is 0 Å². The van der Waals surface area contributed by atoms with Crippen molar-refractivity contribution in [3.8, 4) is 22.6 Å². The Morgan fingerprint density at radius 2 is 1.00 bits per heavy atom. The van der Waals surface area contributed by atoms with Crippen molar-refractivity contribution < 1.29 is 28.4 Å². The van der Waals surface area contributed by atoms with Gasteiger partial charge in [-0.3, -0.25) is 0 Å². The summed E-state index contributed by atoms with van der Waals surface area (Å²) in [5.74, 6) is 3.28. The highest BCUT2D eigenvalue weighted by Gasteiger charge is 2.45. The third kappa shape index (κ3) is 7.04. The topological polar surface area (TPSA) is 55.4 Å². The number of rotatable bonds is 14. The van der Waals surface area contributed by atoms with Crippen LogP contribution in [-0.4, -0.2) is 72.1 Å². The number of hydrogen-bond donors (Lipinski definition) is 0. The monoisotopic (exact) mass is 702 g/mol. The smallest absolute Gasteiger partial charge is 0.220 e. The average Bonchev–Trinajstić information content (AvgIpc) is 3.80. The summed E-state index contributed by atoms with van der Waals surface area (Å²) in [5.41, 5.74) is 6.82. The van der Waals surface area contributed by atoms with Gasteiger partial charge in [-0.05, 0) is 82.1 Å². The average molecular weight is 703 g/mol. The molecule has 0 N–H and O–H groups in total. The first-order chi connectivity index (χ1) is 23.1. The molecule has 6 nitrogen and oxygen atoms in total. The van der Waals surface area contributed by atoms with E-state index in [1.165, 1.54) is 33.4 Å². The number of benzene rings is 4. The number of thioether (sulfide) groups is 2. The van der Waals surface area contributed by atoms with Crippen molar-refractivity contribution in [2.45, 2.75) is 17.6 Å². The van der Waals surface area contributed by atoms with Crippen molar-refractivity contribution in [2.75, 3.05) is 51.1 Å². The number of fused-ring (bicyclic) bond motifs is 3. The Balaban J connectivity index is 1.07. The zero-order chi connectivity index (χ0) is 32.1. The molecule has 2 fully saturated rings. The molecule has 2 heterocycles. The van der Waals surface area contributed by atoms with Crippen LogP contribution in [0.25, 0.3) is 11.1 Å². The van der Waals surface area contributed by atoms with Crippen molar-refractivity contribution in [2.24, 2.45) is 0 Å². The highest BCUT2D eigenvalue weighted by molar-refractivity contribution is 8.23. The van der Waals surface area contributed by atoms with Gasteiger partial charge in [0.2, 0.25) is 8.77 Å². The standard InChI is InChI=1S/C37H34O6S4/c44-35-42-29(23-46-35)21-38-17-19-40-27-13-9-25(10-14-27)37(33-7-3-1-5-31(33)32-6-2-4-8-34(32)37)26-11-15-28(16-12-26)41-20-18-39-22-30-24-47-36(45)43-30/h1-16,29-30H,17-24H2. The van der Waals surface area contributed by atoms with Crippen LogP contribution in [0.5, 0.6) is 11.5 Å². The largest absolute Gasteiger partial charge is 0.491 e. The van der Waals surface area contributed by atoms with Crippen LogP contribution in [0.4, 0.5) is 0 Å². The minimum Gasteiger partial charge on any atom is -0.491 e. The molecule has 242 valence electrons. The molecule has 0 radical (unpaired) electrons. The van der Waals surface area contributed by atoms with Gasteiger partial charge in [0.05, 0.1) is 31.8 Å². The molecule has 0 spiro atoms. The first-order valence-electron chi connectivity index (χ1n) is 15.6. The molecule has 0 bridgehead atoms. The summed E-state index contributed by atoms with van der Waals surface area (Å²) in [4.78, 5) is 0. The van der Waals surface area contributed by atoms with Crippen molar-refractivity contribution in [1.29, 1.82) is 0 Å². The van der Waals surface area contributed by atoms with Crippen molar-refractivity contribution in [1.82, 2.24) is 0 Å². The highest BCUT2D eigenvalue weighted by atomic mass is 32.2. The van der Waals surface area contributed by atoms with E-state index in [-0.39, 0.29) is 12.2 Å². The third-order valence-corrected chi connectivity index (χ3v) is 11.1. The minimum atomic E-state index is -0.504. The molecule has 4 aromatic rings. The van der Waals surface area contributed by atoms with Crippen molar-refractivity contribution >= 4 is 56.7 Å². The van der Waals surface area contributed by atoms with Crippen LogP contribution in [-0.2, 0) is 24.4 Å². The molecule has 10 heteroatoms. The summed E-state index contributed by atoms with van der Waals surface area (Å²) in [6.07, 6.45) is 0.0485. The molecule has 4 aromatic carbocycles. The van der Waals surface area contributed by atoms with Crippen LogP contribution in [0, 0.1) is 0 Å². The number of hydrogen-bond acceptors (Lipinski definition) is 10. The minimum absolute atomic E-state index is 0.0243. The SMILES string of the molecule is S=C1OC(COCCOc2ccc(C3(c4ccc(OCCOCC5CSC(=S)O5)cc4)c4ccccc4-c4ccccc43)cc2)CS1. The molecular formula is C37H34O6S4. The molecule has 2 saturated heterocycles. The second-order valence-electron chi connectivity index (χ2n) is 11.3. The van der Waals surface area contributed by atoms with E-state index in [4.69, 9.17) is 52.9 Å². The van der Waals surface area contributed by atoms with Gasteiger partial charge >= 0.3 is 0 Å². The predicted octanol–water partition coefficient (Wildman–Crippen LogP) is 7.67. The Labute approximate surface area is 294 Å². The van der Waals surface area contributed by atoms with Crippen molar-refractivity contribution in [3.63, 3.8) is 0 Å². The normalized spacial score (nSPS) is 19.1. The van der Waals surface area contributed by atoms with E-state index < -0.39 is 5.41 Å². The highest BCUT2D eigenvalue weighted by Crippen LogP contribution is 2.56. The van der Waals surface area contributed by atoms with E-state index in [1.807, 2.05) is 0 Å². The zero-order valence-electron chi connectivity index (χ0n) is 25.6. The van der Waals surface area contributed by atoms with E-state index in [0.717, 1.165) is 23.0 Å². The van der Waals surface area contributed by atoms with Crippen molar-refractivity contribution in [3.05, 3.63) is 119 Å². The lowest BCUT2D eigenvalue weighted by Crippen LogP contribution is -2.28. The van der Waals surface area contributed by atoms with Gasteiger partial charge in [-0.2, -0.15) is 0 Å². The Hall–Kier alpha value is -3.12. The fourth-order valence-electron chi connectivity index (χ4n) is 6.39. The van der Waals surface area contributed by atoms with Crippen LogP contribution >= 0.6 is 48.0 Å². The van der Waals surface area contributed by atoms with Crippen LogP contribution in [0.1, 0.15) is 22.3 Å². The molecule has 0 saturated carbocycles. The fourth-order valence-corrected chi connectivity index (χ4v) is 8.45. The zero-order valence-corrected chi connectivity index (χ0v) is 28.9. The van der Waals surface area contributed by atoms with Gasteiger partial charge in [0.25, 0.3) is 0 Å². The summed E-state index contributed by atoms with van der Waals surface area (Å²) >= 11 is 13.3. The third-order valence-electron chi connectivity index (χ3n) is 8.43. The lowest BCUT2D eigenvalue weighted by molar-refractivity contribution is 0.0460. The summed E-state index contributed by atoms with van der Waals surface area (Å²) in [6, 6.07) is 34.3. The van der Waals surface area contributed by atoms with E-state index in [9.17, 15) is 0 Å². The van der Waals surface area contributed by atoms with Gasteiger partial charge in [0.15, 0.2) is 0 Å². The van der Waals surface area contributed by atoms with E-state index in [2.05, 4.69) is 97.1 Å². The predicted molar refractivity (Wildman–Crippen MR) is 196 cm³/mol. The molecule has 7 rings (SSSR count). The summed E-state index contributed by atoms with van der Waals surface area (Å²) < 4.78 is 35.9. The lowest BCUT2D eigenvalue weighted by atomic mass is 9.68. The maximum absolute atomic E-state index is 6.05. The molecule has 2 unspecified atom stereocenters. The molecule has 2 aliphatic heterocycles. The van der Waals surface area contributed by atoms with E-state index in [1.54, 1.807) is 23.5 Å². The van der Waals surface area contributed by atoms with E-state index in [0.29, 0.717) is 48.4 Å². The quantitative estimate of drug-likeness (QED) is 0.0852. The first-order valence-corrected chi connectivity index (χ1v) is 18.4. The Morgan fingerprint density at radius 1 is 0.574 bits per heavy atom. The number of thiocarbonyl (C=S) groups is 2. The Morgan fingerprint density at radius 3 is 1.40 bits per heavy atom. The van der Waals surface area contributed by atoms with Crippen LogP contribution in [0.2, 0.25) is 0 Å². The fraction of sp³-hybridized carbons (Fsp3) is 0.297. The van der Waals surface area contributed by atoms with Gasteiger partial charge in [0, 0.05) is 11.5 Å². The molecule has 1 aliphatic carbocycles. The van der Waals surface area contributed by atoms with Gasteiger partial charge in [0.1, 0.15) is 36.9 Å². The molecule has 3 aliphatic rings. The molecule has 0 aromatic heterocycles. The van der Waals surface area contributed by atoms with Crippen LogP contribution in [0.15, 0.2) is 97.1 Å². The summed E-state index contributed by atoms with van der Waals surface area (Å²) in [5, 5.41) is 0. The summed E-state index contributed by atoms with van der Waals surface area (Å²) in [6.45, 7) is 2.89. The second kappa shape index (κ2) is 15.0.